The summed E-state index contributed by atoms with van der Waals surface area (Å²) >= 11 is 1.20. The Balaban J connectivity index is 1.84. The van der Waals surface area contributed by atoms with Gasteiger partial charge in [0, 0.05) is 10.4 Å². The van der Waals surface area contributed by atoms with E-state index in [2.05, 4.69) is 0 Å². The Hall–Kier alpha value is -3.90. The van der Waals surface area contributed by atoms with Crippen molar-refractivity contribution in [2.75, 3.05) is 4.90 Å². The van der Waals surface area contributed by atoms with Gasteiger partial charge in [0.2, 0.25) is 5.06 Å². The minimum absolute atomic E-state index is 0.162. The van der Waals surface area contributed by atoms with E-state index in [1.54, 1.807) is 17.0 Å². The van der Waals surface area contributed by atoms with Crippen LogP contribution in [0.5, 0.6) is 5.06 Å². The number of anilines is 1. The van der Waals surface area contributed by atoms with Gasteiger partial charge < -0.3 is 9.84 Å². The van der Waals surface area contributed by atoms with Crippen LogP contribution in [-0.4, -0.2) is 17.2 Å². The van der Waals surface area contributed by atoms with Crippen LogP contribution < -0.4 is 9.64 Å². The van der Waals surface area contributed by atoms with Crippen LogP contribution in [0.2, 0.25) is 0 Å². The first-order chi connectivity index (χ1) is 15.9. The molecule has 1 N–H and O–H groups in total. The maximum absolute atomic E-state index is 13.7. The molecular formula is C27H23NO4S. The molecule has 5 nitrogen and oxygen atoms in total. The summed E-state index contributed by atoms with van der Waals surface area (Å²) in [6.45, 7) is 4.23. The average Bonchev–Trinajstić information content (AvgIpc) is 3.22. The largest absolute Gasteiger partial charge is 0.512 e. The van der Waals surface area contributed by atoms with Crippen LogP contribution in [-0.2, 0) is 6.54 Å². The molecule has 6 heteroatoms. The molecule has 33 heavy (non-hydrogen) atoms. The third kappa shape index (κ3) is 5.13. The number of hydrogen-bond donors (Lipinski definition) is 1. The van der Waals surface area contributed by atoms with Crippen molar-refractivity contribution in [3.63, 3.8) is 0 Å². The fraction of sp³-hybridized carbons (Fsp3) is 0.111. The summed E-state index contributed by atoms with van der Waals surface area (Å²) in [5, 5.41) is 9.52. The van der Waals surface area contributed by atoms with Gasteiger partial charge in [0.05, 0.1) is 12.2 Å². The van der Waals surface area contributed by atoms with Crippen molar-refractivity contribution in [2.24, 2.45) is 0 Å². The zero-order valence-electron chi connectivity index (χ0n) is 18.3. The highest BCUT2D eigenvalue weighted by Gasteiger charge is 2.26. The van der Waals surface area contributed by atoms with Crippen LogP contribution >= 0.6 is 11.3 Å². The molecule has 0 radical (unpaired) electrons. The smallest absolute Gasteiger partial charge is 0.449 e. The summed E-state index contributed by atoms with van der Waals surface area (Å²) in [6.07, 6.45) is -1.42. The van der Waals surface area contributed by atoms with Gasteiger partial charge in [-0.25, -0.2) is 4.79 Å². The lowest BCUT2D eigenvalue weighted by atomic mass is 10.1. The van der Waals surface area contributed by atoms with Gasteiger partial charge in [-0.1, -0.05) is 83.6 Å². The summed E-state index contributed by atoms with van der Waals surface area (Å²) < 4.78 is 5.14. The number of carbonyl (C=O) groups is 2. The third-order valence-electron chi connectivity index (χ3n) is 5.34. The SMILES string of the molecule is Cc1ccc(C(=O)N(Cc2ccccc2C)c2cc(-c3ccccc3)sc2OC(=O)O)cc1. The fourth-order valence-corrected chi connectivity index (χ4v) is 4.54. The van der Waals surface area contributed by atoms with E-state index in [1.807, 2.05) is 86.6 Å². The minimum Gasteiger partial charge on any atom is -0.449 e. The van der Waals surface area contributed by atoms with Gasteiger partial charge in [-0.3, -0.25) is 9.69 Å². The van der Waals surface area contributed by atoms with Gasteiger partial charge in [0.1, 0.15) is 0 Å². The number of carboxylic acid groups (broad SMARTS) is 1. The van der Waals surface area contributed by atoms with E-state index in [9.17, 15) is 14.7 Å². The molecule has 1 aromatic heterocycles. The second-order valence-electron chi connectivity index (χ2n) is 7.70. The molecule has 0 atom stereocenters. The van der Waals surface area contributed by atoms with Crippen LogP contribution in [0.1, 0.15) is 27.0 Å². The summed E-state index contributed by atoms with van der Waals surface area (Å²) in [5.41, 5.74) is 4.92. The van der Waals surface area contributed by atoms with Crippen LogP contribution in [0.15, 0.2) is 84.9 Å². The normalized spacial score (nSPS) is 10.6. The molecule has 0 bridgehead atoms. The van der Waals surface area contributed by atoms with Crippen molar-refractivity contribution in [2.45, 2.75) is 20.4 Å². The first kappa shape index (κ1) is 22.3. The van der Waals surface area contributed by atoms with Gasteiger partial charge in [0.15, 0.2) is 0 Å². The molecule has 0 saturated heterocycles. The highest BCUT2D eigenvalue weighted by Crippen LogP contribution is 2.44. The molecule has 1 heterocycles. The van der Waals surface area contributed by atoms with Crippen molar-refractivity contribution in [1.82, 2.24) is 0 Å². The molecular weight excluding hydrogens is 434 g/mol. The van der Waals surface area contributed by atoms with Crippen molar-refractivity contribution in [3.05, 3.63) is 107 Å². The highest BCUT2D eigenvalue weighted by atomic mass is 32.1. The van der Waals surface area contributed by atoms with E-state index in [0.29, 0.717) is 11.3 Å². The lowest BCUT2D eigenvalue weighted by Crippen LogP contribution is -2.31. The molecule has 0 spiro atoms. The van der Waals surface area contributed by atoms with Crippen molar-refractivity contribution in [1.29, 1.82) is 0 Å². The highest BCUT2D eigenvalue weighted by molar-refractivity contribution is 7.18. The zero-order valence-corrected chi connectivity index (χ0v) is 19.1. The first-order valence-corrected chi connectivity index (χ1v) is 11.3. The number of aryl methyl sites for hydroxylation is 2. The number of amides is 1. The van der Waals surface area contributed by atoms with E-state index >= 15 is 0 Å². The second-order valence-corrected chi connectivity index (χ2v) is 8.72. The molecule has 0 aliphatic rings. The summed E-state index contributed by atoms with van der Waals surface area (Å²) in [7, 11) is 0. The summed E-state index contributed by atoms with van der Waals surface area (Å²) in [6, 6.07) is 26.6. The number of ether oxygens (including phenoxy) is 1. The molecule has 0 fully saturated rings. The zero-order chi connectivity index (χ0) is 23.4. The Morgan fingerprint density at radius 1 is 0.909 bits per heavy atom. The maximum Gasteiger partial charge on any atom is 0.512 e. The lowest BCUT2D eigenvalue weighted by molar-refractivity contribution is 0.0983. The van der Waals surface area contributed by atoms with E-state index < -0.39 is 6.16 Å². The average molecular weight is 458 g/mol. The molecule has 0 aliphatic heterocycles. The molecule has 1 amide bonds. The predicted octanol–water partition coefficient (Wildman–Crippen LogP) is 6.94. The van der Waals surface area contributed by atoms with Gasteiger partial charge in [0.25, 0.3) is 5.91 Å². The van der Waals surface area contributed by atoms with Crippen molar-refractivity contribution in [3.8, 4) is 15.5 Å². The van der Waals surface area contributed by atoms with E-state index in [0.717, 1.165) is 27.1 Å². The molecule has 0 unspecified atom stereocenters. The van der Waals surface area contributed by atoms with Gasteiger partial charge >= 0.3 is 6.16 Å². The number of nitrogens with zero attached hydrogens (tertiary/aromatic N) is 1. The summed E-state index contributed by atoms with van der Waals surface area (Å²) in [5.74, 6) is -0.231. The Morgan fingerprint density at radius 2 is 1.58 bits per heavy atom. The topological polar surface area (TPSA) is 66.8 Å². The standard InChI is InChI=1S/C27H23NO4S/c1-18-12-14-21(15-13-18)25(29)28(17-22-11-7-6-8-19(22)2)23-16-24(20-9-4-3-5-10-20)33-26(23)32-27(30)31/h3-16H,17H2,1-2H3,(H,30,31). The number of benzene rings is 3. The van der Waals surface area contributed by atoms with E-state index in [-0.39, 0.29) is 17.5 Å². The van der Waals surface area contributed by atoms with Gasteiger partial charge in [-0.15, -0.1) is 0 Å². The van der Waals surface area contributed by atoms with Crippen LogP contribution in [0.3, 0.4) is 0 Å². The predicted molar refractivity (Wildman–Crippen MR) is 131 cm³/mol. The summed E-state index contributed by atoms with van der Waals surface area (Å²) in [4.78, 5) is 27.5. The quantitative estimate of drug-likeness (QED) is 0.319. The molecule has 3 aromatic carbocycles. The van der Waals surface area contributed by atoms with Crippen LogP contribution in [0.25, 0.3) is 10.4 Å². The molecule has 166 valence electrons. The molecule has 0 aliphatic carbocycles. The molecule has 4 rings (SSSR count). The number of carbonyl (C=O) groups excluding carboxylic acids is 1. The fourth-order valence-electron chi connectivity index (χ4n) is 3.53. The number of rotatable bonds is 6. The number of thiophene rings is 1. The van der Waals surface area contributed by atoms with Crippen molar-refractivity contribution >= 4 is 29.1 Å². The maximum atomic E-state index is 13.7. The lowest BCUT2D eigenvalue weighted by Gasteiger charge is -2.24. The Labute approximate surface area is 196 Å². The Bertz CT molecular complexity index is 1280. The number of hydrogen-bond acceptors (Lipinski definition) is 4. The van der Waals surface area contributed by atoms with Crippen molar-refractivity contribution < 1.29 is 19.4 Å². The molecule has 4 aromatic rings. The Kier molecular flexibility index (Phi) is 6.56. The van der Waals surface area contributed by atoms with E-state index in [1.165, 1.54) is 11.3 Å². The monoisotopic (exact) mass is 457 g/mol. The first-order valence-electron chi connectivity index (χ1n) is 10.5. The van der Waals surface area contributed by atoms with Gasteiger partial charge in [-0.2, -0.15) is 0 Å². The second kappa shape index (κ2) is 9.71. The van der Waals surface area contributed by atoms with Crippen LogP contribution in [0, 0.1) is 13.8 Å². The van der Waals surface area contributed by atoms with E-state index in [4.69, 9.17) is 4.74 Å². The van der Waals surface area contributed by atoms with Gasteiger partial charge in [-0.05, 0) is 48.7 Å². The minimum atomic E-state index is -1.42. The third-order valence-corrected chi connectivity index (χ3v) is 6.39. The molecule has 0 saturated carbocycles. The van der Waals surface area contributed by atoms with Crippen LogP contribution in [0.4, 0.5) is 10.5 Å². The Morgan fingerprint density at radius 3 is 2.24 bits per heavy atom.